The standard InChI is InChI=1S/C26H30N4O5/c1-11-6-13-7-15-17(9-27)30-16(21(29(15)3)19(13)23(32)25(11)34-4)8-14-20(18(30)10-28)24(33)26(35-5)12(2)22(14)31/h6,15-18,21,32H,7-8,10,28H2,1-5H3/t15-,16?,17-,18?,21?/m0/s1. The maximum atomic E-state index is 13.4. The van der Waals surface area contributed by atoms with Crippen molar-refractivity contribution in [2.24, 2.45) is 5.73 Å². The van der Waals surface area contributed by atoms with E-state index in [1.807, 2.05) is 24.9 Å². The smallest absolute Gasteiger partial charge is 0.225 e. The fourth-order valence-electron chi connectivity index (χ4n) is 6.84. The van der Waals surface area contributed by atoms with E-state index in [-0.39, 0.29) is 59.7 Å². The number of nitriles is 1. The number of Topliss-reactive ketones (excluding diaryl/α,β-unsaturated/α-hetero) is 2. The molecular formula is C26H30N4O5. The molecule has 3 aliphatic heterocycles. The first-order chi connectivity index (χ1) is 16.7. The number of aromatic hydroxyl groups is 1. The monoisotopic (exact) mass is 478 g/mol. The number of nitrogens with two attached hydrogens (primary N) is 1. The van der Waals surface area contributed by atoms with Gasteiger partial charge in [-0.05, 0) is 44.9 Å². The average molecular weight is 479 g/mol. The van der Waals surface area contributed by atoms with Crippen molar-refractivity contribution in [2.45, 2.75) is 56.9 Å². The number of piperazine rings is 1. The number of aryl methyl sites for hydroxylation is 1. The maximum absolute atomic E-state index is 13.4. The number of methoxy groups -OCH3 is 2. The lowest BCUT2D eigenvalue weighted by Crippen LogP contribution is -2.71. The summed E-state index contributed by atoms with van der Waals surface area (Å²) in [5.41, 5.74) is 9.84. The highest BCUT2D eigenvalue weighted by atomic mass is 16.5. The minimum absolute atomic E-state index is 0.0386. The van der Waals surface area contributed by atoms with Gasteiger partial charge < -0.3 is 20.3 Å². The topological polar surface area (TPSA) is 129 Å². The molecule has 5 atom stereocenters. The SMILES string of the molecule is COC1=C(C)C(=O)C2=C(C1=O)C(CN)N1C(C2)C2c3c(cc(C)c(OC)c3O)C[C@@H]([C@@H]1C#N)N2C. The van der Waals surface area contributed by atoms with Crippen molar-refractivity contribution in [3.63, 3.8) is 0 Å². The number of carbonyl (C=O) groups excluding carboxylic acids is 2. The highest BCUT2D eigenvalue weighted by Gasteiger charge is 2.57. The molecule has 1 aromatic carbocycles. The molecule has 2 bridgehead atoms. The van der Waals surface area contributed by atoms with Gasteiger partial charge in [-0.25, -0.2) is 0 Å². The predicted octanol–water partition coefficient (Wildman–Crippen LogP) is 1.28. The van der Waals surface area contributed by atoms with Crippen LogP contribution in [0.5, 0.6) is 11.5 Å². The number of fused-ring (bicyclic) bond motifs is 6. The largest absolute Gasteiger partial charge is 0.504 e. The molecule has 4 aliphatic rings. The lowest BCUT2D eigenvalue weighted by atomic mass is 9.69. The van der Waals surface area contributed by atoms with Crippen molar-refractivity contribution in [1.82, 2.24) is 9.80 Å². The van der Waals surface area contributed by atoms with Crippen LogP contribution < -0.4 is 10.5 Å². The van der Waals surface area contributed by atoms with Crippen LogP contribution in [0.3, 0.4) is 0 Å². The molecule has 3 unspecified atom stereocenters. The first kappa shape index (κ1) is 23.5. The van der Waals surface area contributed by atoms with Crippen molar-refractivity contribution < 1.29 is 24.2 Å². The van der Waals surface area contributed by atoms with Gasteiger partial charge in [0.1, 0.15) is 6.04 Å². The van der Waals surface area contributed by atoms with Crippen LogP contribution in [-0.2, 0) is 20.7 Å². The number of allylic oxidation sites excluding steroid dienone is 2. The van der Waals surface area contributed by atoms with Gasteiger partial charge in [0.2, 0.25) is 5.78 Å². The van der Waals surface area contributed by atoms with Gasteiger partial charge in [-0.15, -0.1) is 0 Å². The molecule has 1 aromatic rings. The molecule has 0 radical (unpaired) electrons. The molecule has 1 aliphatic carbocycles. The molecule has 0 aromatic heterocycles. The Bertz CT molecular complexity index is 1260. The van der Waals surface area contributed by atoms with Gasteiger partial charge in [0.15, 0.2) is 23.0 Å². The van der Waals surface area contributed by atoms with E-state index in [0.717, 1.165) is 16.7 Å². The number of ether oxygens (including phenoxy) is 2. The molecule has 1 saturated heterocycles. The predicted molar refractivity (Wildman–Crippen MR) is 127 cm³/mol. The van der Waals surface area contributed by atoms with E-state index in [4.69, 9.17) is 15.2 Å². The zero-order valence-electron chi connectivity index (χ0n) is 20.6. The fraction of sp³-hybridized carbons (Fsp3) is 0.500. The summed E-state index contributed by atoms with van der Waals surface area (Å²) in [7, 11) is 4.86. The van der Waals surface area contributed by atoms with E-state index >= 15 is 0 Å². The summed E-state index contributed by atoms with van der Waals surface area (Å²) in [6.07, 6.45) is 0.820. The average Bonchev–Trinajstić information content (AvgIpc) is 2.83. The van der Waals surface area contributed by atoms with E-state index in [0.29, 0.717) is 23.3 Å². The third-order valence-electron chi connectivity index (χ3n) is 8.29. The summed E-state index contributed by atoms with van der Waals surface area (Å²) < 4.78 is 10.8. The quantitative estimate of drug-likeness (QED) is 0.617. The van der Waals surface area contributed by atoms with Crippen LogP contribution in [0.25, 0.3) is 0 Å². The lowest BCUT2D eigenvalue weighted by molar-refractivity contribution is -0.122. The van der Waals surface area contributed by atoms with Crippen LogP contribution in [0, 0.1) is 18.3 Å². The Balaban J connectivity index is 1.74. The van der Waals surface area contributed by atoms with Crippen LogP contribution >= 0.6 is 0 Å². The third kappa shape index (κ3) is 2.97. The molecule has 3 heterocycles. The fourth-order valence-corrected chi connectivity index (χ4v) is 6.84. The van der Waals surface area contributed by atoms with Crippen molar-refractivity contribution in [3.8, 4) is 17.6 Å². The molecule has 0 saturated carbocycles. The molecule has 0 amide bonds. The number of nitrogens with zero attached hydrogens (tertiary/aromatic N) is 3. The lowest BCUT2D eigenvalue weighted by Gasteiger charge is -2.60. The number of phenolic OH excluding ortho intramolecular Hbond substituents is 1. The number of hydrogen-bond donors (Lipinski definition) is 2. The Kier molecular flexibility index (Phi) is 5.51. The zero-order valence-corrected chi connectivity index (χ0v) is 20.6. The number of ketones is 2. The van der Waals surface area contributed by atoms with E-state index in [9.17, 15) is 20.0 Å². The van der Waals surface area contributed by atoms with Crippen molar-refractivity contribution in [1.29, 1.82) is 5.26 Å². The van der Waals surface area contributed by atoms with Crippen LogP contribution in [-0.4, -0.2) is 78.5 Å². The Labute approximate surface area is 204 Å². The molecule has 184 valence electrons. The number of phenols is 1. The normalized spacial score (nSPS) is 30.5. The summed E-state index contributed by atoms with van der Waals surface area (Å²) in [5.74, 6) is -0.0230. The molecule has 9 heteroatoms. The second kappa shape index (κ2) is 8.19. The molecule has 9 nitrogen and oxygen atoms in total. The van der Waals surface area contributed by atoms with Gasteiger partial charge in [0, 0.05) is 40.9 Å². The third-order valence-corrected chi connectivity index (χ3v) is 8.29. The molecular weight excluding hydrogens is 448 g/mol. The summed E-state index contributed by atoms with van der Waals surface area (Å²) in [5, 5.41) is 21.6. The molecule has 3 N–H and O–H groups in total. The van der Waals surface area contributed by atoms with Crippen molar-refractivity contribution >= 4 is 11.6 Å². The Morgan fingerprint density at radius 1 is 1.17 bits per heavy atom. The first-order valence-corrected chi connectivity index (χ1v) is 11.8. The van der Waals surface area contributed by atoms with E-state index in [2.05, 4.69) is 11.0 Å². The Morgan fingerprint density at radius 3 is 2.49 bits per heavy atom. The highest BCUT2D eigenvalue weighted by molar-refractivity contribution is 6.25. The highest BCUT2D eigenvalue weighted by Crippen LogP contribution is 2.53. The zero-order chi connectivity index (χ0) is 25.3. The number of benzene rings is 1. The van der Waals surface area contributed by atoms with Gasteiger partial charge in [-0.1, -0.05) is 6.07 Å². The van der Waals surface area contributed by atoms with E-state index in [1.165, 1.54) is 14.2 Å². The summed E-state index contributed by atoms with van der Waals surface area (Å²) in [6, 6.07) is 2.48. The molecule has 0 spiro atoms. The second-order valence-corrected chi connectivity index (χ2v) is 9.78. The number of rotatable bonds is 3. The van der Waals surface area contributed by atoms with Crippen molar-refractivity contribution in [3.05, 3.63) is 45.2 Å². The number of carbonyl (C=O) groups is 2. The second-order valence-electron chi connectivity index (χ2n) is 9.78. The minimum Gasteiger partial charge on any atom is -0.504 e. The van der Waals surface area contributed by atoms with Gasteiger partial charge in [0.25, 0.3) is 0 Å². The van der Waals surface area contributed by atoms with Gasteiger partial charge >= 0.3 is 0 Å². The van der Waals surface area contributed by atoms with Crippen LogP contribution in [0.2, 0.25) is 0 Å². The van der Waals surface area contributed by atoms with E-state index in [1.54, 1.807) is 6.92 Å². The van der Waals surface area contributed by atoms with Gasteiger partial charge in [0.05, 0.1) is 32.4 Å². The number of likely N-dealkylation sites (N-methyl/N-ethyl adjacent to an activating group) is 1. The Morgan fingerprint density at radius 2 is 1.89 bits per heavy atom. The van der Waals surface area contributed by atoms with Crippen LogP contribution in [0.15, 0.2) is 28.5 Å². The van der Waals surface area contributed by atoms with E-state index < -0.39 is 12.1 Å². The van der Waals surface area contributed by atoms with Crippen LogP contribution in [0.4, 0.5) is 0 Å². The first-order valence-electron chi connectivity index (χ1n) is 11.8. The van der Waals surface area contributed by atoms with Gasteiger partial charge in [-0.3, -0.25) is 19.4 Å². The Hall–Kier alpha value is -3.19. The summed E-state index contributed by atoms with van der Waals surface area (Å²) in [4.78, 5) is 31.0. The molecule has 35 heavy (non-hydrogen) atoms. The number of hydrogen-bond acceptors (Lipinski definition) is 9. The molecule has 5 rings (SSSR count). The van der Waals surface area contributed by atoms with Crippen LogP contribution in [0.1, 0.15) is 36.1 Å². The maximum Gasteiger partial charge on any atom is 0.225 e. The van der Waals surface area contributed by atoms with Gasteiger partial charge in [-0.2, -0.15) is 5.26 Å². The van der Waals surface area contributed by atoms with Crippen molar-refractivity contribution in [2.75, 3.05) is 27.8 Å². The minimum atomic E-state index is -0.613. The summed E-state index contributed by atoms with van der Waals surface area (Å²) >= 11 is 0. The summed E-state index contributed by atoms with van der Waals surface area (Å²) in [6.45, 7) is 3.56. The molecule has 1 fully saturated rings.